The Morgan fingerprint density at radius 2 is 1.07 bits per heavy atom. The van der Waals surface area contributed by atoms with Crippen molar-refractivity contribution in [3.63, 3.8) is 0 Å². The lowest BCUT2D eigenvalue weighted by atomic mass is 9.84. The minimum absolute atomic E-state index is 0.0134. The lowest BCUT2D eigenvalue weighted by molar-refractivity contribution is 0.0924. The summed E-state index contributed by atoms with van der Waals surface area (Å²) < 4.78 is 0. The van der Waals surface area contributed by atoms with Gasteiger partial charge < -0.3 is 0 Å². The summed E-state index contributed by atoms with van der Waals surface area (Å²) in [5, 5.41) is -0.0835. The van der Waals surface area contributed by atoms with Crippen LogP contribution in [0.2, 0.25) is 5.02 Å². The van der Waals surface area contributed by atoms with Crippen LogP contribution in [-0.2, 0) is 0 Å². The second-order valence-electron chi connectivity index (χ2n) is 6.52. The summed E-state index contributed by atoms with van der Waals surface area (Å²) in [5.41, 5.74) is 1.37. The van der Waals surface area contributed by atoms with E-state index in [-0.39, 0.29) is 44.3 Å². The number of imide groups is 1. The van der Waals surface area contributed by atoms with Crippen LogP contribution in [0.4, 0.5) is 5.69 Å². The fraction of sp³-hybridized carbons (Fsp3) is 0. The van der Waals surface area contributed by atoms with Crippen LogP contribution >= 0.6 is 11.6 Å². The minimum atomic E-state index is -0.516. The predicted octanol–water partition coefficient (Wildman–Crippen LogP) is 3.92. The number of carbonyl (C=O) groups is 4. The van der Waals surface area contributed by atoms with Crippen LogP contribution < -0.4 is 4.90 Å². The molecule has 1 aliphatic heterocycles. The van der Waals surface area contributed by atoms with Crippen molar-refractivity contribution in [2.75, 3.05) is 4.90 Å². The Kier molecular flexibility index (Phi) is 3.38. The molecule has 2 amide bonds. The molecule has 0 aromatic heterocycles. The van der Waals surface area contributed by atoms with Gasteiger partial charge in [0.1, 0.15) is 0 Å². The molecule has 0 fully saturated rings. The Labute approximate surface area is 164 Å². The number of amides is 2. The zero-order valence-electron chi connectivity index (χ0n) is 14.2. The van der Waals surface area contributed by atoms with Gasteiger partial charge >= 0.3 is 0 Å². The van der Waals surface area contributed by atoms with E-state index in [1.165, 1.54) is 12.1 Å². The van der Waals surface area contributed by atoms with Crippen molar-refractivity contribution in [3.05, 3.63) is 99.1 Å². The van der Waals surface area contributed by atoms with Gasteiger partial charge in [0.25, 0.3) is 11.8 Å². The molecule has 5 rings (SSSR count). The van der Waals surface area contributed by atoms with Crippen molar-refractivity contribution < 1.29 is 19.2 Å². The monoisotopic (exact) mass is 387 g/mol. The molecule has 0 spiro atoms. The third-order valence-corrected chi connectivity index (χ3v) is 5.43. The Hall–Kier alpha value is -3.57. The van der Waals surface area contributed by atoms with Gasteiger partial charge in [0.2, 0.25) is 0 Å². The Balaban J connectivity index is 1.70. The highest BCUT2D eigenvalue weighted by Gasteiger charge is 2.40. The molecule has 28 heavy (non-hydrogen) atoms. The maximum Gasteiger partial charge on any atom is 0.266 e. The van der Waals surface area contributed by atoms with Crippen molar-refractivity contribution in [2.45, 2.75) is 0 Å². The summed E-state index contributed by atoms with van der Waals surface area (Å²) in [6, 6.07) is 15.8. The largest absolute Gasteiger partial charge is 0.289 e. The van der Waals surface area contributed by atoms with Crippen LogP contribution in [0.3, 0.4) is 0 Å². The molecule has 0 bridgehead atoms. The van der Waals surface area contributed by atoms with Gasteiger partial charge in [0.15, 0.2) is 11.6 Å². The maximum atomic E-state index is 13.0. The molecule has 6 heteroatoms. The molecular formula is C22H10ClNO4. The van der Waals surface area contributed by atoms with Crippen LogP contribution in [0.25, 0.3) is 0 Å². The molecular weight excluding hydrogens is 378 g/mol. The first kappa shape index (κ1) is 16.6. The fourth-order valence-electron chi connectivity index (χ4n) is 3.72. The van der Waals surface area contributed by atoms with Crippen molar-refractivity contribution >= 4 is 40.7 Å². The van der Waals surface area contributed by atoms with E-state index < -0.39 is 17.6 Å². The van der Waals surface area contributed by atoms with Crippen LogP contribution in [0, 0.1) is 0 Å². The first-order valence-corrected chi connectivity index (χ1v) is 8.87. The molecule has 0 unspecified atom stereocenters. The van der Waals surface area contributed by atoms with E-state index in [1.54, 1.807) is 48.5 Å². The van der Waals surface area contributed by atoms with Crippen LogP contribution in [-0.4, -0.2) is 23.4 Å². The van der Waals surface area contributed by atoms with Crippen molar-refractivity contribution in [1.29, 1.82) is 0 Å². The van der Waals surface area contributed by atoms with Gasteiger partial charge in [-0.15, -0.1) is 0 Å². The molecule has 0 atom stereocenters. The number of carbonyl (C=O) groups excluding carboxylic acids is 4. The third kappa shape index (κ3) is 2.02. The number of fused-ring (bicyclic) bond motifs is 3. The van der Waals surface area contributed by atoms with Gasteiger partial charge in [0.05, 0.1) is 27.4 Å². The van der Waals surface area contributed by atoms with Crippen molar-refractivity contribution in [1.82, 2.24) is 0 Å². The summed E-state index contributed by atoms with van der Waals surface area (Å²) in [6.07, 6.45) is 0. The highest BCUT2D eigenvalue weighted by atomic mass is 35.5. The van der Waals surface area contributed by atoms with Crippen molar-refractivity contribution in [2.24, 2.45) is 0 Å². The normalized spacial score (nSPS) is 14.8. The van der Waals surface area contributed by atoms with Gasteiger partial charge in [-0.25, -0.2) is 4.90 Å². The Morgan fingerprint density at radius 3 is 1.64 bits per heavy atom. The van der Waals surface area contributed by atoms with Crippen LogP contribution in [0.1, 0.15) is 52.6 Å². The average molecular weight is 388 g/mol. The number of ketones is 2. The first-order valence-electron chi connectivity index (χ1n) is 8.49. The van der Waals surface area contributed by atoms with E-state index in [0.29, 0.717) is 5.56 Å². The van der Waals surface area contributed by atoms with E-state index in [4.69, 9.17) is 11.6 Å². The Morgan fingerprint density at radius 1 is 0.571 bits per heavy atom. The van der Waals surface area contributed by atoms with Gasteiger partial charge in [0, 0.05) is 16.7 Å². The highest BCUT2D eigenvalue weighted by Crippen LogP contribution is 2.40. The second-order valence-corrected chi connectivity index (χ2v) is 6.89. The zero-order valence-corrected chi connectivity index (χ0v) is 15.0. The molecule has 2 aliphatic rings. The topological polar surface area (TPSA) is 71.5 Å². The summed E-state index contributed by atoms with van der Waals surface area (Å²) in [6.45, 7) is 0. The Bertz CT molecular complexity index is 1230. The summed E-state index contributed by atoms with van der Waals surface area (Å²) >= 11 is 6.49. The van der Waals surface area contributed by atoms with Crippen molar-refractivity contribution in [3.8, 4) is 0 Å². The summed E-state index contributed by atoms with van der Waals surface area (Å²) in [7, 11) is 0. The summed E-state index contributed by atoms with van der Waals surface area (Å²) in [4.78, 5) is 52.3. The summed E-state index contributed by atoms with van der Waals surface area (Å²) in [5.74, 6) is -1.76. The lowest BCUT2D eigenvalue weighted by Crippen LogP contribution is -2.31. The molecule has 0 saturated heterocycles. The van der Waals surface area contributed by atoms with E-state index in [9.17, 15) is 19.2 Å². The van der Waals surface area contributed by atoms with E-state index >= 15 is 0 Å². The number of nitrogens with zero attached hydrogens (tertiary/aromatic N) is 1. The smallest absolute Gasteiger partial charge is 0.266 e. The van der Waals surface area contributed by atoms with Gasteiger partial charge in [-0.05, 0) is 24.3 Å². The molecule has 3 aromatic rings. The number of anilines is 1. The van der Waals surface area contributed by atoms with Crippen LogP contribution in [0.15, 0.2) is 60.7 Å². The average Bonchev–Trinajstić information content (AvgIpc) is 2.97. The maximum absolute atomic E-state index is 13.0. The molecule has 0 saturated carbocycles. The molecule has 1 aliphatic carbocycles. The highest BCUT2D eigenvalue weighted by molar-refractivity contribution is 6.44. The molecule has 0 N–H and O–H groups in total. The SMILES string of the molecule is O=C1c2ccccc2C(=O)c2c1ccc(N1C(=O)c3ccccc3C1=O)c2Cl. The first-order chi connectivity index (χ1) is 13.5. The minimum Gasteiger partial charge on any atom is -0.289 e. The second kappa shape index (κ2) is 5.71. The molecule has 1 heterocycles. The molecule has 3 aromatic carbocycles. The third-order valence-electron chi connectivity index (χ3n) is 5.04. The number of benzene rings is 3. The molecule has 5 nitrogen and oxygen atoms in total. The lowest BCUT2D eigenvalue weighted by Gasteiger charge is -2.22. The molecule has 0 radical (unpaired) electrons. The fourth-order valence-corrected chi connectivity index (χ4v) is 4.05. The van der Waals surface area contributed by atoms with Gasteiger partial charge in [-0.1, -0.05) is 48.0 Å². The van der Waals surface area contributed by atoms with E-state index in [0.717, 1.165) is 4.90 Å². The van der Waals surface area contributed by atoms with Crippen LogP contribution in [0.5, 0.6) is 0 Å². The van der Waals surface area contributed by atoms with Gasteiger partial charge in [-0.3, -0.25) is 19.2 Å². The number of hydrogen-bond acceptors (Lipinski definition) is 4. The quantitative estimate of drug-likeness (QED) is 0.464. The number of halogens is 1. The van der Waals surface area contributed by atoms with E-state index in [2.05, 4.69) is 0 Å². The standard InChI is InChI=1S/C22H10ClNO4/c23-18-16(24-21(27)13-7-3-4-8-14(13)22(24)28)10-9-15-17(18)20(26)12-6-2-1-5-11(12)19(15)25/h1-10H. The molecule has 134 valence electrons. The van der Waals surface area contributed by atoms with E-state index in [1.807, 2.05) is 0 Å². The van der Waals surface area contributed by atoms with Gasteiger partial charge in [-0.2, -0.15) is 0 Å². The number of hydrogen-bond donors (Lipinski definition) is 0. The number of rotatable bonds is 1. The zero-order chi connectivity index (χ0) is 19.6. The predicted molar refractivity (Wildman–Crippen MR) is 102 cm³/mol.